The highest BCUT2D eigenvalue weighted by atomic mass is 35.5. The minimum Gasteiger partial charge on any atom is -0.319 e. The molecular weight excluding hydrogens is 279 g/mol. The molecule has 0 saturated carbocycles. The smallest absolute Gasteiger partial charge is 0.319 e. The Labute approximate surface area is 112 Å². The fourth-order valence-electron chi connectivity index (χ4n) is 1.85. The molecule has 0 radical (unpaired) electrons. The highest BCUT2D eigenvalue weighted by Crippen LogP contribution is 2.34. The molecule has 0 saturated heterocycles. The number of benzene rings is 1. The molecule has 2 aromatic rings. The van der Waals surface area contributed by atoms with E-state index in [2.05, 4.69) is 15.3 Å². The molecule has 0 aliphatic carbocycles. The molecule has 2 rings (SSSR count). The quantitative estimate of drug-likeness (QED) is 0.883. The number of para-hydroxylation sites is 1. The molecule has 0 amide bonds. The summed E-state index contributed by atoms with van der Waals surface area (Å²) in [6, 6.07) is 3.92. The summed E-state index contributed by atoms with van der Waals surface area (Å²) in [6.45, 7) is 0.596. The molecule has 1 heterocycles. The Hall–Kier alpha value is -1.40. The van der Waals surface area contributed by atoms with Crippen molar-refractivity contribution in [1.29, 1.82) is 0 Å². The molecule has 1 aromatic heterocycles. The van der Waals surface area contributed by atoms with Crippen molar-refractivity contribution in [1.82, 2.24) is 15.3 Å². The van der Waals surface area contributed by atoms with E-state index in [0.29, 0.717) is 24.0 Å². The van der Waals surface area contributed by atoms with Gasteiger partial charge < -0.3 is 5.32 Å². The molecule has 7 heteroatoms. The molecule has 1 N–H and O–H groups in total. The van der Waals surface area contributed by atoms with Crippen molar-refractivity contribution in [2.75, 3.05) is 13.6 Å². The standard InChI is InChI=1S/C12H11ClF3N3/c1-17-6-5-9-7-3-2-4-8(12(14,15)16)10(7)19-11(13)18-9/h2-4,17H,5-6H2,1H3. The van der Waals surface area contributed by atoms with Crippen molar-refractivity contribution >= 4 is 22.5 Å². The second-order valence-electron chi connectivity index (χ2n) is 3.99. The largest absolute Gasteiger partial charge is 0.418 e. The van der Waals surface area contributed by atoms with Crippen LogP contribution < -0.4 is 5.32 Å². The number of aromatic nitrogens is 2. The number of alkyl halides is 3. The van der Waals surface area contributed by atoms with Crippen molar-refractivity contribution in [2.24, 2.45) is 0 Å². The van der Waals surface area contributed by atoms with E-state index >= 15 is 0 Å². The molecule has 0 atom stereocenters. The zero-order valence-electron chi connectivity index (χ0n) is 10.1. The van der Waals surface area contributed by atoms with Crippen LogP contribution in [-0.4, -0.2) is 23.6 Å². The van der Waals surface area contributed by atoms with Crippen LogP contribution in [0.15, 0.2) is 18.2 Å². The lowest BCUT2D eigenvalue weighted by Crippen LogP contribution is -2.13. The summed E-state index contributed by atoms with van der Waals surface area (Å²) in [7, 11) is 1.76. The van der Waals surface area contributed by atoms with Gasteiger partial charge in [0.25, 0.3) is 0 Å². The van der Waals surface area contributed by atoms with Crippen LogP contribution in [0.25, 0.3) is 10.9 Å². The third kappa shape index (κ3) is 2.96. The Morgan fingerprint density at radius 1 is 1.26 bits per heavy atom. The van der Waals surface area contributed by atoms with E-state index in [-0.39, 0.29) is 10.8 Å². The maximum absolute atomic E-state index is 12.9. The Morgan fingerprint density at radius 2 is 2.00 bits per heavy atom. The zero-order valence-corrected chi connectivity index (χ0v) is 10.8. The van der Waals surface area contributed by atoms with Crippen LogP contribution in [0, 0.1) is 0 Å². The number of hydrogen-bond donors (Lipinski definition) is 1. The first-order valence-electron chi connectivity index (χ1n) is 5.60. The maximum Gasteiger partial charge on any atom is 0.418 e. The van der Waals surface area contributed by atoms with Crippen LogP contribution >= 0.6 is 11.6 Å². The van der Waals surface area contributed by atoms with E-state index in [1.54, 1.807) is 13.1 Å². The first-order chi connectivity index (χ1) is 8.93. The second kappa shape index (κ2) is 5.30. The number of halogens is 4. The lowest BCUT2D eigenvalue weighted by atomic mass is 10.1. The maximum atomic E-state index is 12.9. The minimum atomic E-state index is -4.46. The van der Waals surface area contributed by atoms with E-state index < -0.39 is 11.7 Å². The average molecular weight is 290 g/mol. The van der Waals surface area contributed by atoms with Gasteiger partial charge in [0.05, 0.1) is 16.8 Å². The monoisotopic (exact) mass is 289 g/mol. The van der Waals surface area contributed by atoms with Gasteiger partial charge in [0, 0.05) is 18.4 Å². The topological polar surface area (TPSA) is 37.8 Å². The summed E-state index contributed by atoms with van der Waals surface area (Å²) in [5.74, 6) is 0. The number of nitrogens with one attached hydrogen (secondary N) is 1. The molecule has 0 spiro atoms. The van der Waals surface area contributed by atoms with Crippen LogP contribution in [0.5, 0.6) is 0 Å². The van der Waals surface area contributed by atoms with Gasteiger partial charge in [-0.3, -0.25) is 0 Å². The molecular formula is C12H11ClF3N3. The summed E-state index contributed by atoms with van der Waals surface area (Å²) >= 11 is 5.71. The molecule has 0 aliphatic rings. The van der Waals surface area contributed by atoms with Gasteiger partial charge in [-0.15, -0.1) is 0 Å². The number of nitrogens with zero attached hydrogens (tertiary/aromatic N) is 2. The SMILES string of the molecule is CNCCc1nc(Cl)nc2c(C(F)(F)F)cccc12. The fourth-order valence-corrected chi connectivity index (χ4v) is 2.03. The lowest BCUT2D eigenvalue weighted by Gasteiger charge is -2.12. The van der Waals surface area contributed by atoms with Gasteiger partial charge in [-0.05, 0) is 24.7 Å². The van der Waals surface area contributed by atoms with E-state index in [9.17, 15) is 13.2 Å². The molecule has 0 fully saturated rings. The predicted molar refractivity (Wildman–Crippen MR) is 67.2 cm³/mol. The highest BCUT2D eigenvalue weighted by molar-refractivity contribution is 6.28. The second-order valence-corrected chi connectivity index (χ2v) is 4.33. The van der Waals surface area contributed by atoms with Crippen molar-refractivity contribution < 1.29 is 13.2 Å². The van der Waals surface area contributed by atoms with Crippen LogP contribution in [0.1, 0.15) is 11.3 Å². The summed E-state index contributed by atoms with van der Waals surface area (Å²) in [5.41, 5.74) is -0.434. The molecule has 0 bridgehead atoms. The van der Waals surface area contributed by atoms with Gasteiger partial charge in [0.1, 0.15) is 0 Å². The van der Waals surface area contributed by atoms with Gasteiger partial charge >= 0.3 is 6.18 Å². The predicted octanol–water partition coefficient (Wildman–Crippen LogP) is 3.06. The number of hydrogen-bond acceptors (Lipinski definition) is 3. The van der Waals surface area contributed by atoms with Crippen LogP contribution in [0.2, 0.25) is 5.28 Å². The van der Waals surface area contributed by atoms with Gasteiger partial charge in [0.2, 0.25) is 5.28 Å². The van der Waals surface area contributed by atoms with Crippen molar-refractivity contribution in [2.45, 2.75) is 12.6 Å². The summed E-state index contributed by atoms with van der Waals surface area (Å²) in [6.07, 6.45) is -3.98. The number of likely N-dealkylation sites (N-methyl/N-ethyl adjacent to an activating group) is 1. The summed E-state index contributed by atoms with van der Waals surface area (Å²) < 4.78 is 38.8. The summed E-state index contributed by atoms with van der Waals surface area (Å²) in [5, 5.41) is 3.13. The molecule has 3 nitrogen and oxygen atoms in total. The zero-order chi connectivity index (χ0) is 14.0. The lowest BCUT2D eigenvalue weighted by molar-refractivity contribution is -0.136. The Kier molecular flexibility index (Phi) is 3.91. The average Bonchev–Trinajstić information content (AvgIpc) is 2.33. The van der Waals surface area contributed by atoms with Gasteiger partial charge in [-0.1, -0.05) is 12.1 Å². The van der Waals surface area contributed by atoms with Crippen molar-refractivity contribution in [3.05, 3.63) is 34.7 Å². The Bertz CT molecular complexity index is 599. The third-order valence-electron chi connectivity index (χ3n) is 2.70. The molecule has 0 unspecified atom stereocenters. The molecule has 19 heavy (non-hydrogen) atoms. The molecule has 0 aliphatic heterocycles. The fraction of sp³-hybridized carbons (Fsp3) is 0.333. The van der Waals surface area contributed by atoms with E-state index in [1.165, 1.54) is 6.07 Å². The normalized spacial score (nSPS) is 12.1. The Morgan fingerprint density at radius 3 is 2.63 bits per heavy atom. The van der Waals surface area contributed by atoms with E-state index in [0.717, 1.165) is 6.07 Å². The van der Waals surface area contributed by atoms with Crippen LogP contribution in [0.3, 0.4) is 0 Å². The first-order valence-corrected chi connectivity index (χ1v) is 5.98. The molecule has 1 aromatic carbocycles. The highest BCUT2D eigenvalue weighted by Gasteiger charge is 2.33. The van der Waals surface area contributed by atoms with Crippen LogP contribution in [-0.2, 0) is 12.6 Å². The van der Waals surface area contributed by atoms with Crippen molar-refractivity contribution in [3.8, 4) is 0 Å². The third-order valence-corrected chi connectivity index (χ3v) is 2.86. The molecule has 102 valence electrons. The Balaban J connectivity index is 2.66. The first kappa shape index (κ1) is 14.0. The number of rotatable bonds is 3. The van der Waals surface area contributed by atoms with Gasteiger partial charge in [-0.25, -0.2) is 9.97 Å². The van der Waals surface area contributed by atoms with E-state index in [1.807, 2.05) is 0 Å². The minimum absolute atomic E-state index is 0.152. The van der Waals surface area contributed by atoms with Crippen molar-refractivity contribution in [3.63, 3.8) is 0 Å². The van der Waals surface area contributed by atoms with Crippen LogP contribution in [0.4, 0.5) is 13.2 Å². The number of fused-ring (bicyclic) bond motifs is 1. The van der Waals surface area contributed by atoms with Gasteiger partial charge in [-0.2, -0.15) is 13.2 Å². The summed E-state index contributed by atoms with van der Waals surface area (Å²) in [4.78, 5) is 7.73. The van der Waals surface area contributed by atoms with E-state index in [4.69, 9.17) is 11.6 Å². The van der Waals surface area contributed by atoms with Gasteiger partial charge in [0.15, 0.2) is 0 Å².